The maximum atomic E-state index is 11.2. The summed E-state index contributed by atoms with van der Waals surface area (Å²) in [4.78, 5) is 15.4. The van der Waals surface area contributed by atoms with E-state index in [0.29, 0.717) is 12.5 Å². The molecule has 0 bridgehead atoms. The van der Waals surface area contributed by atoms with Gasteiger partial charge in [0.2, 0.25) is 0 Å². The fourth-order valence-electron chi connectivity index (χ4n) is 2.33. The summed E-state index contributed by atoms with van der Waals surface area (Å²) in [5, 5.41) is 0. The zero-order valence-electron chi connectivity index (χ0n) is 10.7. The highest BCUT2D eigenvalue weighted by molar-refractivity contribution is 5.69. The molecule has 2 aliphatic rings. The van der Waals surface area contributed by atoms with Crippen molar-refractivity contribution in [2.75, 3.05) is 39.8 Å². The van der Waals surface area contributed by atoms with Gasteiger partial charge in [0.05, 0.1) is 6.54 Å². The van der Waals surface area contributed by atoms with Crippen molar-refractivity contribution in [1.29, 1.82) is 0 Å². The second kappa shape index (κ2) is 6.74. The average Bonchev–Trinajstić information content (AvgIpc) is 2.68. The van der Waals surface area contributed by atoms with Crippen LogP contribution in [0.25, 0.3) is 0 Å². The molecule has 2 fully saturated rings. The van der Waals surface area contributed by atoms with Gasteiger partial charge < -0.3 is 14.5 Å². The van der Waals surface area contributed by atoms with Gasteiger partial charge in [-0.25, -0.2) is 4.79 Å². The fraction of sp³-hybridized carbons (Fsp3) is 0.917. The summed E-state index contributed by atoms with van der Waals surface area (Å²) in [6.07, 6.45) is 2.37. The lowest BCUT2D eigenvalue weighted by molar-refractivity contribution is 0.140. The summed E-state index contributed by atoms with van der Waals surface area (Å²) >= 11 is 0. The van der Waals surface area contributed by atoms with Crippen LogP contribution in [0.15, 0.2) is 0 Å². The van der Waals surface area contributed by atoms with Crippen LogP contribution in [0.5, 0.6) is 0 Å². The van der Waals surface area contributed by atoms with Crippen LogP contribution in [0, 0.1) is 5.92 Å². The van der Waals surface area contributed by atoms with E-state index in [0.717, 1.165) is 19.6 Å². The summed E-state index contributed by atoms with van der Waals surface area (Å²) in [7, 11) is 2.15. The van der Waals surface area contributed by atoms with Gasteiger partial charge in [0.1, 0.15) is 6.61 Å². The summed E-state index contributed by atoms with van der Waals surface area (Å²) in [5.74, 6) is 0.638. The van der Waals surface area contributed by atoms with Crippen molar-refractivity contribution < 1.29 is 9.53 Å². The summed E-state index contributed by atoms with van der Waals surface area (Å²) in [6.45, 7) is 8.54. The molecule has 1 amide bonds. The zero-order valence-corrected chi connectivity index (χ0v) is 10.7. The molecule has 1 atom stereocenters. The minimum absolute atomic E-state index is 0.127. The van der Waals surface area contributed by atoms with Crippen LogP contribution in [0.4, 0.5) is 4.79 Å². The quantitative estimate of drug-likeness (QED) is 0.722. The third kappa shape index (κ3) is 3.67. The summed E-state index contributed by atoms with van der Waals surface area (Å²) in [5.41, 5.74) is 0. The SMILES string of the molecule is CC.CN1CCCC(CN2CCOC2=O)C1. The Morgan fingerprint density at radius 1 is 1.38 bits per heavy atom. The molecule has 0 saturated carbocycles. The van der Waals surface area contributed by atoms with Crippen molar-refractivity contribution in [2.45, 2.75) is 26.7 Å². The molecule has 2 heterocycles. The molecular weight excluding hydrogens is 204 g/mol. The van der Waals surface area contributed by atoms with Crippen molar-refractivity contribution >= 4 is 6.09 Å². The minimum Gasteiger partial charge on any atom is -0.448 e. The van der Waals surface area contributed by atoms with Gasteiger partial charge in [-0.05, 0) is 32.4 Å². The standard InChI is InChI=1S/C10H18N2O2.C2H6/c1-11-4-2-3-9(7-11)8-12-5-6-14-10(12)13;1-2/h9H,2-8H2,1H3;1-2H3. The Morgan fingerprint density at radius 2 is 2.12 bits per heavy atom. The first-order valence-electron chi connectivity index (χ1n) is 6.36. The molecule has 1 unspecified atom stereocenters. The number of carbonyl (C=O) groups excluding carboxylic acids is 1. The highest BCUT2D eigenvalue weighted by Gasteiger charge is 2.26. The number of hydrogen-bond acceptors (Lipinski definition) is 3. The minimum atomic E-state index is -0.127. The van der Waals surface area contributed by atoms with Gasteiger partial charge in [-0.15, -0.1) is 0 Å². The Morgan fingerprint density at radius 3 is 2.69 bits per heavy atom. The van der Waals surface area contributed by atoms with Gasteiger partial charge >= 0.3 is 6.09 Å². The first-order valence-corrected chi connectivity index (χ1v) is 6.36. The normalized spacial score (nSPS) is 26.1. The monoisotopic (exact) mass is 228 g/mol. The molecule has 2 aliphatic heterocycles. The van der Waals surface area contributed by atoms with Gasteiger partial charge in [-0.3, -0.25) is 0 Å². The van der Waals surface area contributed by atoms with Crippen molar-refractivity contribution in [3.05, 3.63) is 0 Å². The van der Waals surface area contributed by atoms with Crippen LogP contribution >= 0.6 is 0 Å². The lowest BCUT2D eigenvalue weighted by Gasteiger charge is -2.31. The van der Waals surface area contributed by atoms with Gasteiger partial charge in [0.25, 0.3) is 0 Å². The first kappa shape index (κ1) is 13.3. The number of hydrogen-bond donors (Lipinski definition) is 0. The lowest BCUT2D eigenvalue weighted by Crippen LogP contribution is -2.39. The number of ether oxygens (including phenoxy) is 1. The summed E-state index contributed by atoms with van der Waals surface area (Å²) < 4.78 is 4.91. The van der Waals surface area contributed by atoms with Crippen LogP contribution in [0.2, 0.25) is 0 Å². The predicted molar refractivity (Wildman–Crippen MR) is 64.5 cm³/mol. The van der Waals surface area contributed by atoms with Crippen molar-refractivity contribution in [1.82, 2.24) is 9.80 Å². The first-order chi connectivity index (χ1) is 7.75. The topological polar surface area (TPSA) is 32.8 Å². The van der Waals surface area contributed by atoms with Gasteiger partial charge in [0, 0.05) is 13.1 Å². The molecule has 0 aromatic rings. The molecule has 4 heteroatoms. The van der Waals surface area contributed by atoms with E-state index in [-0.39, 0.29) is 6.09 Å². The lowest BCUT2D eigenvalue weighted by atomic mass is 9.98. The number of cyclic esters (lactones) is 1. The highest BCUT2D eigenvalue weighted by Crippen LogP contribution is 2.17. The Bertz CT molecular complexity index is 221. The number of amides is 1. The molecule has 0 aromatic heterocycles. The van der Waals surface area contributed by atoms with E-state index < -0.39 is 0 Å². The molecular formula is C12H24N2O2. The van der Waals surface area contributed by atoms with E-state index >= 15 is 0 Å². The molecule has 0 aromatic carbocycles. The maximum Gasteiger partial charge on any atom is 0.409 e. The molecule has 4 nitrogen and oxygen atoms in total. The number of piperidine rings is 1. The molecule has 0 spiro atoms. The predicted octanol–water partition coefficient (Wildman–Crippen LogP) is 1.81. The van der Waals surface area contributed by atoms with Crippen molar-refractivity contribution in [2.24, 2.45) is 5.92 Å². The smallest absolute Gasteiger partial charge is 0.409 e. The van der Waals surface area contributed by atoms with Crippen molar-refractivity contribution in [3.63, 3.8) is 0 Å². The second-order valence-corrected chi connectivity index (χ2v) is 4.33. The Labute approximate surface area is 98.5 Å². The molecule has 2 saturated heterocycles. The molecule has 16 heavy (non-hydrogen) atoms. The molecule has 0 aliphatic carbocycles. The number of likely N-dealkylation sites (tertiary alicyclic amines) is 1. The van der Waals surface area contributed by atoms with E-state index in [1.807, 2.05) is 18.7 Å². The Kier molecular flexibility index (Phi) is 5.60. The zero-order chi connectivity index (χ0) is 12.0. The third-order valence-corrected chi connectivity index (χ3v) is 3.05. The third-order valence-electron chi connectivity index (χ3n) is 3.05. The van der Waals surface area contributed by atoms with E-state index in [2.05, 4.69) is 11.9 Å². The van der Waals surface area contributed by atoms with Crippen LogP contribution in [0.3, 0.4) is 0 Å². The molecule has 0 radical (unpaired) electrons. The van der Waals surface area contributed by atoms with E-state index in [1.165, 1.54) is 19.4 Å². The van der Waals surface area contributed by atoms with Crippen molar-refractivity contribution in [3.8, 4) is 0 Å². The van der Waals surface area contributed by atoms with E-state index in [9.17, 15) is 4.79 Å². The highest BCUT2D eigenvalue weighted by atomic mass is 16.6. The maximum absolute atomic E-state index is 11.2. The number of rotatable bonds is 2. The fourth-order valence-corrected chi connectivity index (χ4v) is 2.33. The van der Waals surface area contributed by atoms with Gasteiger partial charge in [-0.1, -0.05) is 13.8 Å². The average molecular weight is 228 g/mol. The number of nitrogens with zero attached hydrogens (tertiary/aromatic N) is 2. The van der Waals surface area contributed by atoms with Crippen LogP contribution < -0.4 is 0 Å². The largest absolute Gasteiger partial charge is 0.448 e. The van der Waals surface area contributed by atoms with Gasteiger partial charge in [-0.2, -0.15) is 0 Å². The van der Waals surface area contributed by atoms with Crippen LogP contribution in [-0.4, -0.2) is 55.7 Å². The Balaban J connectivity index is 0.000000606. The second-order valence-electron chi connectivity index (χ2n) is 4.33. The van der Waals surface area contributed by atoms with E-state index in [4.69, 9.17) is 4.74 Å². The van der Waals surface area contributed by atoms with Crippen LogP contribution in [-0.2, 0) is 4.74 Å². The molecule has 94 valence electrons. The molecule has 2 rings (SSSR count). The molecule has 0 N–H and O–H groups in total. The summed E-state index contributed by atoms with van der Waals surface area (Å²) in [6, 6.07) is 0. The Hall–Kier alpha value is -0.770. The van der Waals surface area contributed by atoms with Crippen LogP contribution in [0.1, 0.15) is 26.7 Å². The van der Waals surface area contributed by atoms with Gasteiger partial charge in [0.15, 0.2) is 0 Å². The number of carbonyl (C=O) groups is 1. The van der Waals surface area contributed by atoms with E-state index in [1.54, 1.807) is 0 Å².